The third-order valence-electron chi connectivity index (χ3n) is 0.799. The molecule has 0 N–H and O–H groups in total. The third-order valence-corrected chi connectivity index (χ3v) is 1.17. The monoisotopic (exact) mass is 162 g/mol. The summed E-state index contributed by atoms with van der Waals surface area (Å²) in [6, 6.07) is 0. The van der Waals surface area contributed by atoms with Crippen molar-refractivity contribution in [2.24, 2.45) is 0 Å². The zero-order valence-electron chi connectivity index (χ0n) is 3.93. The van der Waals surface area contributed by atoms with Crippen LogP contribution in [-0.2, 0) is 4.74 Å². The average molecular weight is 163 g/mol. The fourth-order valence-electron chi connectivity index (χ4n) is 0.370. The Hall–Kier alpha value is 0.180. The van der Waals surface area contributed by atoms with E-state index in [0.29, 0.717) is 6.10 Å². The first-order valence-corrected chi connectivity index (χ1v) is 3.40. The van der Waals surface area contributed by atoms with Crippen LogP contribution < -0.4 is 0 Å². The molecule has 1 heterocycles. The number of ether oxygens (including phenoxy) is 1. The van der Waals surface area contributed by atoms with Crippen molar-refractivity contribution in [3.8, 4) is 0 Å². The van der Waals surface area contributed by atoms with E-state index in [-0.39, 0.29) is 0 Å². The van der Waals surface area contributed by atoms with E-state index in [1.807, 2.05) is 0 Å². The van der Waals surface area contributed by atoms with Crippen molar-refractivity contribution >= 4 is 15.9 Å². The van der Waals surface area contributed by atoms with E-state index in [1.165, 1.54) is 0 Å². The molecule has 0 aromatic carbocycles. The van der Waals surface area contributed by atoms with Gasteiger partial charge in [0, 0.05) is 5.33 Å². The summed E-state index contributed by atoms with van der Waals surface area (Å²) in [5.41, 5.74) is 0. The summed E-state index contributed by atoms with van der Waals surface area (Å²) in [5.74, 6) is 0. The van der Waals surface area contributed by atoms with Gasteiger partial charge >= 0.3 is 0 Å². The van der Waals surface area contributed by atoms with Gasteiger partial charge in [0.2, 0.25) is 0 Å². The predicted octanol–water partition coefficient (Wildman–Crippen LogP) is 1.34. The van der Waals surface area contributed by atoms with Crippen molar-refractivity contribution in [3.63, 3.8) is 0 Å². The molecule has 1 nitrogen and oxygen atoms in total. The molecular weight excluding hydrogens is 156 g/mol. The fraction of sp³-hybridized carbons (Fsp3) is 0.600. The number of epoxide rings is 1. The van der Waals surface area contributed by atoms with E-state index in [0.717, 1.165) is 11.9 Å². The van der Waals surface area contributed by atoms with Crippen LogP contribution in [0.25, 0.3) is 0 Å². The lowest BCUT2D eigenvalue weighted by Crippen LogP contribution is -1.72. The molecule has 0 aromatic rings. The molecule has 0 saturated carbocycles. The topological polar surface area (TPSA) is 12.5 Å². The first-order chi connectivity index (χ1) is 3.43. The van der Waals surface area contributed by atoms with E-state index >= 15 is 0 Å². The molecule has 1 aliphatic heterocycles. The Morgan fingerprint density at radius 3 is 3.00 bits per heavy atom. The molecule has 1 saturated heterocycles. The molecule has 1 rings (SSSR count). The molecule has 0 aromatic heterocycles. The van der Waals surface area contributed by atoms with Gasteiger partial charge in [-0.1, -0.05) is 28.1 Å². The Bertz CT molecular complexity index is 76.1. The third kappa shape index (κ3) is 2.09. The van der Waals surface area contributed by atoms with Crippen LogP contribution in [0.1, 0.15) is 0 Å². The molecule has 1 atom stereocenters. The second kappa shape index (κ2) is 2.48. The van der Waals surface area contributed by atoms with Gasteiger partial charge in [-0.3, -0.25) is 0 Å². The molecule has 7 heavy (non-hydrogen) atoms. The van der Waals surface area contributed by atoms with Gasteiger partial charge in [0.05, 0.1) is 12.7 Å². The van der Waals surface area contributed by atoms with Crippen molar-refractivity contribution < 1.29 is 4.74 Å². The number of hydrogen-bond donors (Lipinski definition) is 0. The molecule has 1 aliphatic rings. The highest BCUT2D eigenvalue weighted by molar-refractivity contribution is 9.09. The van der Waals surface area contributed by atoms with Gasteiger partial charge in [-0.2, -0.15) is 0 Å². The Morgan fingerprint density at radius 2 is 2.57 bits per heavy atom. The molecule has 0 aliphatic carbocycles. The number of rotatable bonds is 2. The molecule has 40 valence electrons. The first-order valence-electron chi connectivity index (χ1n) is 2.27. The number of halogens is 1. The minimum Gasteiger partial charge on any atom is -0.369 e. The van der Waals surface area contributed by atoms with Gasteiger partial charge in [0.1, 0.15) is 0 Å². The summed E-state index contributed by atoms with van der Waals surface area (Å²) in [6.45, 7) is 0.920. The summed E-state index contributed by atoms with van der Waals surface area (Å²) in [5, 5.41) is 0.937. The van der Waals surface area contributed by atoms with Gasteiger partial charge < -0.3 is 4.74 Å². The summed E-state index contributed by atoms with van der Waals surface area (Å²) < 4.78 is 4.90. The van der Waals surface area contributed by atoms with E-state index in [1.54, 1.807) is 0 Å². The molecular formula is C5H7BrO. The van der Waals surface area contributed by atoms with Crippen LogP contribution in [0.5, 0.6) is 0 Å². The van der Waals surface area contributed by atoms with Crippen molar-refractivity contribution in [1.82, 2.24) is 0 Å². The van der Waals surface area contributed by atoms with Gasteiger partial charge in [-0.05, 0) is 0 Å². The Morgan fingerprint density at radius 1 is 1.86 bits per heavy atom. The molecule has 2 heteroatoms. The second-order valence-electron chi connectivity index (χ2n) is 1.45. The molecule has 0 spiro atoms. The van der Waals surface area contributed by atoms with Gasteiger partial charge in [0.15, 0.2) is 0 Å². The maximum atomic E-state index is 4.90. The predicted molar refractivity (Wildman–Crippen MR) is 32.7 cm³/mol. The summed E-state index contributed by atoms with van der Waals surface area (Å²) in [6.07, 6.45) is 4.56. The van der Waals surface area contributed by atoms with Crippen LogP contribution in [0.2, 0.25) is 0 Å². The van der Waals surface area contributed by atoms with Crippen LogP contribution in [0, 0.1) is 0 Å². The smallest absolute Gasteiger partial charge is 0.0991 e. The molecule has 1 unspecified atom stereocenters. The van der Waals surface area contributed by atoms with Crippen LogP contribution in [0.15, 0.2) is 12.2 Å². The minimum atomic E-state index is 0.442. The average Bonchev–Trinajstić information content (AvgIpc) is 2.42. The quantitative estimate of drug-likeness (QED) is 0.340. The maximum absolute atomic E-state index is 4.90. The highest BCUT2D eigenvalue weighted by Gasteiger charge is 2.17. The molecule has 0 radical (unpaired) electrons. The van der Waals surface area contributed by atoms with Crippen LogP contribution in [0.3, 0.4) is 0 Å². The normalized spacial score (nSPS) is 29.0. The molecule has 0 bridgehead atoms. The zero-order valence-corrected chi connectivity index (χ0v) is 5.52. The van der Waals surface area contributed by atoms with E-state index in [2.05, 4.69) is 28.1 Å². The van der Waals surface area contributed by atoms with Crippen LogP contribution in [0.4, 0.5) is 0 Å². The number of hydrogen-bond acceptors (Lipinski definition) is 1. The lowest BCUT2D eigenvalue weighted by atomic mass is 10.4. The summed E-state index contributed by atoms with van der Waals surface area (Å²) >= 11 is 3.26. The Kier molecular flexibility index (Phi) is 1.88. The van der Waals surface area contributed by atoms with Crippen molar-refractivity contribution in [1.29, 1.82) is 0 Å². The first kappa shape index (κ1) is 5.32. The van der Waals surface area contributed by atoms with Crippen molar-refractivity contribution in [3.05, 3.63) is 12.2 Å². The second-order valence-corrected chi connectivity index (χ2v) is 2.10. The van der Waals surface area contributed by atoms with Crippen molar-refractivity contribution in [2.75, 3.05) is 11.9 Å². The highest BCUT2D eigenvalue weighted by atomic mass is 79.9. The standard InChI is InChI=1S/C5H7BrO/c6-3-1-2-5-4-7-5/h1-2,5H,3-4H2. The van der Waals surface area contributed by atoms with E-state index < -0.39 is 0 Å². The largest absolute Gasteiger partial charge is 0.369 e. The minimum absolute atomic E-state index is 0.442. The molecule has 0 amide bonds. The summed E-state index contributed by atoms with van der Waals surface area (Å²) in [4.78, 5) is 0. The van der Waals surface area contributed by atoms with Crippen LogP contribution in [-0.4, -0.2) is 18.0 Å². The van der Waals surface area contributed by atoms with Crippen molar-refractivity contribution in [2.45, 2.75) is 6.10 Å². The lowest BCUT2D eigenvalue weighted by Gasteiger charge is -1.71. The number of alkyl halides is 1. The van der Waals surface area contributed by atoms with E-state index in [9.17, 15) is 0 Å². The molecule has 1 fully saturated rings. The van der Waals surface area contributed by atoms with E-state index in [4.69, 9.17) is 4.74 Å². The van der Waals surface area contributed by atoms with Gasteiger partial charge in [-0.25, -0.2) is 0 Å². The van der Waals surface area contributed by atoms with Gasteiger partial charge in [-0.15, -0.1) is 0 Å². The number of allylic oxidation sites excluding steroid dienone is 1. The maximum Gasteiger partial charge on any atom is 0.0991 e. The van der Waals surface area contributed by atoms with Crippen LogP contribution >= 0.6 is 15.9 Å². The summed E-state index contributed by atoms with van der Waals surface area (Å²) in [7, 11) is 0. The zero-order chi connectivity index (χ0) is 5.11. The van der Waals surface area contributed by atoms with Gasteiger partial charge in [0.25, 0.3) is 0 Å². The SMILES string of the molecule is BrCC=CC1CO1. The Labute approximate surface area is 51.5 Å². The Balaban J connectivity index is 2.05. The highest BCUT2D eigenvalue weighted by Crippen LogP contribution is 2.09. The lowest BCUT2D eigenvalue weighted by molar-refractivity contribution is 0.440. The fourth-order valence-corrected chi connectivity index (χ4v) is 0.586.